The lowest BCUT2D eigenvalue weighted by atomic mass is 10.2. The van der Waals surface area contributed by atoms with E-state index in [1.54, 1.807) is 12.1 Å². The van der Waals surface area contributed by atoms with Crippen LogP contribution in [0.1, 0.15) is 0 Å². The molecule has 1 aliphatic rings. The molecule has 0 saturated heterocycles. The maximum atomic E-state index is 5.83. The fraction of sp³-hybridized carbons (Fsp3) is 0.250. The van der Waals surface area contributed by atoms with Crippen molar-refractivity contribution in [2.24, 2.45) is 0 Å². The minimum Gasteiger partial charge on any atom is -0.490 e. The van der Waals surface area contributed by atoms with E-state index >= 15 is 0 Å². The molecular formula is C8H9ClN2O. The van der Waals surface area contributed by atoms with Gasteiger partial charge in [0.2, 0.25) is 0 Å². The molecular weight excluding hydrogens is 176 g/mol. The lowest BCUT2D eigenvalue weighted by Crippen LogP contribution is -2.18. The SMILES string of the molecule is Nc1cc2c(cc1Cl)NCCO2. The molecule has 0 fully saturated rings. The number of nitrogens with two attached hydrogens (primary N) is 1. The summed E-state index contributed by atoms with van der Waals surface area (Å²) in [6, 6.07) is 3.52. The lowest BCUT2D eigenvalue weighted by molar-refractivity contribution is 0.323. The molecule has 1 aromatic rings. The maximum Gasteiger partial charge on any atom is 0.144 e. The average molecular weight is 185 g/mol. The van der Waals surface area contributed by atoms with Crippen molar-refractivity contribution in [3.8, 4) is 5.75 Å². The molecule has 0 radical (unpaired) electrons. The molecule has 0 atom stereocenters. The third kappa shape index (κ3) is 1.16. The highest BCUT2D eigenvalue weighted by molar-refractivity contribution is 6.33. The number of rotatable bonds is 0. The van der Waals surface area contributed by atoms with E-state index in [9.17, 15) is 0 Å². The first kappa shape index (κ1) is 7.55. The van der Waals surface area contributed by atoms with Gasteiger partial charge in [-0.3, -0.25) is 0 Å². The molecule has 3 N–H and O–H groups in total. The van der Waals surface area contributed by atoms with Gasteiger partial charge in [0.15, 0.2) is 0 Å². The Morgan fingerprint density at radius 2 is 2.33 bits per heavy atom. The molecule has 0 amide bonds. The largest absolute Gasteiger partial charge is 0.490 e. The zero-order chi connectivity index (χ0) is 8.55. The number of anilines is 2. The van der Waals surface area contributed by atoms with Gasteiger partial charge < -0.3 is 15.8 Å². The minimum absolute atomic E-state index is 0.555. The normalized spacial score (nSPS) is 14.4. The van der Waals surface area contributed by atoms with E-state index < -0.39 is 0 Å². The Hall–Kier alpha value is -1.09. The number of ether oxygens (including phenoxy) is 1. The highest BCUT2D eigenvalue weighted by Crippen LogP contribution is 2.34. The van der Waals surface area contributed by atoms with Crippen LogP contribution in [0.3, 0.4) is 0 Å². The molecule has 0 aromatic heterocycles. The van der Waals surface area contributed by atoms with E-state index in [0.717, 1.165) is 18.0 Å². The van der Waals surface area contributed by atoms with Crippen LogP contribution in [0, 0.1) is 0 Å². The fourth-order valence-corrected chi connectivity index (χ4v) is 1.34. The smallest absolute Gasteiger partial charge is 0.144 e. The zero-order valence-corrected chi connectivity index (χ0v) is 7.19. The third-order valence-electron chi connectivity index (χ3n) is 1.77. The van der Waals surface area contributed by atoms with Crippen molar-refractivity contribution in [2.45, 2.75) is 0 Å². The van der Waals surface area contributed by atoms with Crippen LogP contribution in [-0.4, -0.2) is 13.2 Å². The topological polar surface area (TPSA) is 47.3 Å². The molecule has 3 nitrogen and oxygen atoms in total. The quantitative estimate of drug-likeness (QED) is 0.604. The van der Waals surface area contributed by atoms with Crippen LogP contribution >= 0.6 is 11.6 Å². The molecule has 1 heterocycles. The van der Waals surface area contributed by atoms with Crippen LogP contribution in [-0.2, 0) is 0 Å². The van der Waals surface area contributed by atoms with Crippen molar-refractivity contribution in [3.63, 3.8) is 0 Å². The van der Waals surface area contributed by atoms with Crippen LogP contribution in [0.25, 0.3) is 0 Å². The van der Waals surface area contributed by atoms with Gasteiger partial charge in [0.05, 0.1) is 16.4 Å². The van der Waals surface area contributed by atoms with Gasteiger partial charge in [-0.25, -0.2) is 0 Å². The minimum atomic E-state index is 0.555. The molecule has 0 aliphatic carbocycles. The summed E-state index contributed by atoms with van der Waals surface area (Å²) in [6.45, 7) is 1.49. The number of nitrogens with one attached hydrogen (secondary N) is 1. The zero-order valence-electron chi connectivity index (χ0n) is 6.43. The molecule has 4 heteroatoms. The third-order valence-corrected chi connectivity index (χ3v) is 2.10. The van der Waals surface area contributed by atoms with Gasteiger partial charge in [-0.15, -0.1) is 0 Å². The van der Waals surface area contributed by atoms with Crippen LogP contribution in [0.2, 0.25) is 5.02 Å². The predicted octanol–water partition coefficient (Wildman–Crippen LogP) is 1.73. The van der Waals surface area contributed by atoms with Crippen molar-refractivity contribution in [1.29, 1.82) is 0 Å². The van der Waals surface area contributed by atoms with E-state index in [-0.39, 0.29) is 0 Å². The Balaban J connectivity index is 2.49. The maximum absolute atomic E-state index is 5.83. The van der Waals surface area contributed by atoms with Gasteiger partial charge in [-0.2, -0.15) is 0 Å². The Morgan fingerprint density at radius 3 is 3.17 bits per heavy atom. The summed E-state index contributed by atoms with van der Waals surface area (Å²) in [6.07, 6.45) is 0. The monoisotopic (exact) mass is 184 g/mol. The van der Waals surface area contributed by atoms with Crippen LogP contribution in [0.15, 0.2) is 12.1 Å². The molecule has 0 bridgehead atoms. The summed E-state index contributed by atoms with van der Waals surface area (Å²) in [5.41, 5.74) is 7.08. The average Bonchev–Trinajstić information content (AvgIpc) is 2.07. The summed E-state index contributed by atoms with van der Waals surface area (Å²) in [5.74, 6) is 0.781. The Bertz CT molecular complexity index is 283. The van der Waals surface area contributed by atoms with E-state index in [1.807, 2.05) is 0 Å². The van der Waals surface area contributed by atoms with Crippen molar-refractivity contribution >= 4 is 23.0 Å². The van der Waals surface area contributed by atoms with Gasteiger partial charge in [0.25, 0.3) is 0 Å². The van der Waals surface area contributed by atoms with E-state index in [0.29, 0.717) is 17.3 Å². The van der Waals surface area contributed by atoms with Crippen LogP contribution < -0.4 is 15.8 Å². The fourth-order valence-electron chi connectivity index (χ4n) is 1.17. The van der Waals surface area contributed by atoms with Gasteiger partial charge in [-0.1, -0.05) is 11.6 Å². The summed E-state index contributed by atoms with van der Waals surface area (Å²) in [7, 11) is 0. The predicted molar refractivity (Wildman–Crippen MR) is 49.8 cm³/mol. The number of benzene rings is 1. The first-order valence-electron chi connectivity index (χ1n) is 3.73. The number of halogens is 1. The van der Waals surface area contributed by atoms with Crippen molar-refractivity contribution in [3.05, 3.63) is 17.2 Å². The first-order valence-corrected chi connectivity index (χ1v) is 4.11. The Morgan fingerprint density at radius 1 is 1.50 bits per heavy atom. The Kier molecular flexibility index (Phi) is 1.73. The van der Waals surface area contributed by atoms with Gasteiger partial charge in [0, 0.05) is 12.6 Å². The molecule has 12 heavy (non-hydrogen) atoms. The van der Waals surface area contributed by atoms with E-state index in [4.69, 9.17) is 22.1 Å². The van der Waals surface area contributed by atoms with Crippen LogP contribution in [0.5, 0.6) is 5.75 Å². The van der Waals surface area contributed by atoms with Crippen molar-refractivity contribution < 1.29 is 4.74 Å². The molecule has 0 saturated carbocycles. The van der Waals surface area contributed by atoms with Gasteiger partial charge >= 0.3 is 0 Å². The second kappa shape index (κ2) is 2.75. The van der Waals surface area contributed by atoms with Gasteiger partial charge in [-0.05, 0) is 6.07 Å². The highest BCUT2D eigenvalue weighted by Gasteiger charge is 2.11. The molecule has 64 valence electrons. The molecule has 2 rings (SSSR count). The summed E-state index contributed by atoms with van der Waals surface area (Å²) < 4.78 is 5.36. The second-order valence-electron chi connectivity index (χ2n) is 2.65. The van der Waals surface area contributed by atoms with E-state index in [1.165, 1.54) is 0 Å². The van der Waals surface area contributed by atoms with Crippen molar-refractivity contribution in [1.82, 2.24) is 0 Å². The highest BCUT2D eigenvalue weighted by atomic mass is 35.5. The second-order valence-corrected chi connectivity index (χ2v) is 3.05. The number of hydrogen-bond donors (Lipinski definition) is 2. The van der Waals surface area contributed by atoms with Crippen molar-refractivity contribution in [2.75, 3.05) is 24.2 Å². The standard InChI is InChI=1S/C8H9ClN2O/c9-5-3-7-8(4-6(5)10)12-2-1-11-7/h3-4,11H,1-2,10H2. The van der Waals surface area contributed by atoms with E-state index in [2.05, 4.69) is 5.32 Å². The summed E-state index contributed by atoms with van der Waals surface area (Å²) >= 11 is 5.83. The summed E-state index contributed by atoms with van der Waals surface area (Å²) in [5, 5.41) is 3.73. The number of hydrogen-bond acceptors (Lipinski definition) is 3. The lowest BCUT2D eigenvalue weighted by Gasteiger charge is -2.19. The Labute approximate surface area is 75.5 Å². The van der Waals surface area contributed by atoms with Gasteiger partial charge in [0.1, 0.15) is 12.4 Å². The van der Waals surface area contributed by atoms with Crippen LogP contribution in [0.4, 0.5) is 11.4 Å². The molecule has 1 aliphatic heterocycles. The summed E-state index contributed by atoms with van der Waals surface area (Å²) in [4.78, 5) is 0. The number of nitrogen functional groups attached to an aromatic ring is 1. The molecule has 1 aromatic carbocycles. The molecule has 0 unspecified atom stereocenters. The molecule has 0 spiro atoms. The first-order chi connectivity index (χ1) is 5.77. The number of fused-ring (bicyclic) bond motifs is 1.